The summed E-state index contributed by atoms with van der Waals surface area (Å²) in [6.07, 6.45) is 3.92. The highest BCUT2D eigenvalue weighted by molar-refractivity contribution is 5.83. The van der Waals surface area contributed by atoms with Crippen LogP contribution in [-0.4, -0.2) is 25.8 Å². The molecule has 2 nitrogen and oxygen atoms in total. The zero-order valence-corrected chi connectivity index (χ0v) is 11.8. The molecule has 20 heavy (non-hydrogen) atoms. The largest absolute Gasteiger partial charge is 0.379 e. The molecular weight excluding hydrogens is 246 g/mol. The number of piperidine rings is 1. The van der Waals surface area contributed by atoms with E-state index in [9.17, 15) is 0 Å². The number of benzene rings is 2. The Balaban J connectivity index is 1.75. The smallest absolute Gasteiger partial charge is 0.0600 e. The number of fused-ring (bicyclic) bond motifs is 1. The summed E-state index contributed by atoms with van der Waals surface area (Å²) in [5, 5.41) is 6.39. The van der Waals surface area contributed by atoms with Gasteiger partial charge in [-0.05, 0) is 35.7 Å². The Kier molecular flexibility index (Phi) is 3.01. The molecule has 0 amide bonds. The minimum atomic E-state index is 0.199. The van der Waals surface area contributed by atoms with Crippen molar-refractivity contribution < 1.29 is 4.74 Å². The maximum Gasteiger partial charge on any atom is 0.0600 e. The van der Waals surface area contributed by atoms with Crippen LogP contribution in [0.4, 0.5) is 0 Å². The van der Waals surface area contributed by atoms with E-state index in [1.54, 1.807) is 0 Å². The number of nitrogens with one attached hydrogen (secondary N) is 1. The van der Waals surface area contributed by atoms with Crippen LogP contribution < -0.4 is 5.32 Å². The van der Waals surface area contributed by atoms with Gasteiger partial charge in [-0.3, -0.25) is 0 Å². The first-order valence-corrected chi connectivity index (χ1v) is 7.69. The molecule has 0 aromatic heterocycles. The van der Waals surface area contributed by atoms with Gasteiger partial charge in [-0.2, -0.15) is 0 Å². The van der Waals surface area contributed by atoms with Crippen molar-refractivity contribution in [2.75, 3.05) is 19.8 Å². The van der Waals surface area contributed by atoms with Crippen LogP contribution in [0.15, 0.2) is 42.5 Å². The van der Waals surface area contributed by atoms with Crippen molar-refractivity contribution in [3.8, 4) is 0 Å². The van der Waals surface area contributed by atoms with Gasteiger partial charge in [0, 0.05) is 6.04 Å². The summed E-state index contributed by atoms with van der Waals surface area (Å²) in [6.45, 7) is 2.88. The van der Waals surface area contributed by atoms with Crippen molar-refractivity contribution in [2.24, 2.45) is 0 Å². The van der Waals surface area contributed by atoms with E-state index in [4.69, 9.17) is 4.74 Å². The Morgan fingerprint density at radius 3 is 2.55 bits per heavy atom. The Morgan fingerprint density at radius 2 is 1.85 bits per heavy atom. The fourth-order valence-corrected chi connectivity index (χ4v) is 3.71. The third-order valence-corrected chi connectivity index (χ3v) is 5.02. The zero-order chi connectivity index (χ0) is 13.4. The third-order valence-electron chi connectivity index (χ3n) is 5.02. The molecule has 2 aliphatic rings. The average Bonchev–Trinajstić information content (AvgIpc) is 2.47. The van der Waals surface area contributed by atoms with Crippen molar-refractivity contribution in [2.45, 2.75) is 30.7 Å². The SMILES string of the molecule is c1ccc2cc(C3(C4CCCCN4)COC3)ccc2c1. The second kappa shape index (κ2) is 4.87. The van der Waals surface area contributed by atoms with Gasteiger partial charge in [0.1, 0.15) is 0 Å². The minimum Gasteiger partial charge on any atom is -0.379 e. The monoisotopic (exact) mass is 267 g/mol. The molecule has 0 spiro atoms. The van der Waals surface area contributed by atoms with Crippen LogP contribution in [0.25, 0.3) is 10.8 Å². The summed E-state index contributed by atoms with van der Waals surface area (Å²) in [5.74, 6) is 0. The number of ether oxygens (including phenoxy) is 1. The molecule has 0 aliphatic carbocycles. The summed E-state index contributed by atoms with van der Waals surface area (Å²) in [7, 11) is 0. The Labute approximate surface area is 120 Å². The van der Waals surface area contributed by atoms with Gasteiger partial charge < -0.3 is 10.1 Å². The standard InChI is InChI=1S/C18H21NO/c1-2-6-15-11-16(9-8-14(15)5-1)18(12-20-13-18)17-7-3-4-10-19-17/h1-2,5-6,8-9,11,17,19H,3-4,7,10,12-13H2. The fraction of sp³-hybridized carbons (Fsp3) is 0.444. The van der Waals surface area contributed by atoms with E-state index < -0.39 is 0 Å². The molecule has 1 unspecified atom stereocenters. The Bertz CT molecular complexity index is 612. The van der Waals surface area contributed by atoms with Gasteiger partial charge in [-0.25, -0.2) is 0 Å². The van der Waals surface area contributed by atoms with Crippen LogP contribution in [0.3, 0.4) is 0 Å². The fourth-order valence-electron chi connectivity index (χ4n) is 3.71. The van der Waals surface area contributed by atoms with E-state index in [1.807, 2.05) is 0 Å². The minimum absolute atomic E-state index is 0.199. The topological polar surface area (TPSA) is 21.3 Å². The number of rotatable bonds is 2. The lowest BCUT2D eigenvalue weighted by Gasteiger charge is -2.49. The molecule has 2 aliphatic heterocycles. The summed E-state index contributed by atoms with van der Waals surface area (Å²) in [4.78, 5) is 0. The Morgan fingerprint density at radius 1 is 1.00 bits per heavy atom. The first kappa shape index (κ1) is 12.4. The molecule has 2 aromatic carbocycles. The number of hydrogen-bond donors (Lipinski definition) is 1. The van der Waals surface area contributed by atoms with Crippen molar-refractivity contribution in [1.82, 2.24) is 5.32 Å². The van der Waals surface area contributed by atoms with Gasteiger partial charge in [-0.1, -0.05) is 48.9 Å². The third kappa shape index (κ3) is 1.87. The molecular formula is C18H21NO. The van der Waals surface area contributed by atoms with Gasteiger partial charge in [0.2, 0.25) is 0 Å². The first-order chi connectivity index (χ1) is 9.88. The summed E-state index contributed by atoms with van der Waals surface area (Å²) in [6, 6.07) is 16.1. The molecule has 0 saturated carbocycles. The molecule has 2 heterocycles. The first-order valence-electron chi connectivity index (χ1n) is 7.69. The lowest BCUT2D eigenvalue weighted by atomic mass is 9.69. The van der Waals surface area contributed by atoms with E-state index >= 15 is 0 Å². The van der Waals surface area contributed by atoms with E-state index in [1.165, 1.54) is 35.6 Å². The van der Waals surface area contributed by atoms with Crippen LogP contribution in [0.5, 0.6) is 0 Å². The molecule has 104 valence electrons. The van der Waals surface area contributed by atoms with Crippen LogP contribution >= 0.6 is 0 Å². The highest BCUT2D eigenvalue weighted by Gasteiger charge is 2.47. The zero-order valence-electron chi connectivity index (χ0n) is 11.8. The molecule has 4 rings (SSSR count). The molecule has 2 saturated heterocycles. The molecule has 1 N–H and O–H groups in total. The van der Waals surface area contributed by atoms with E-state index in [0.29, 0.717) is 6.04 Å². The molecule has 0 bridgehead atoms. The van der Waals surface area contributed by atoms with Crippen LogP contribution in [-0.2, 0) is 10.2 Å². The Hall–Kier alpha value is -1.38. The van der Waals surface area contributed by atoms with Crippen molar-refractivity contribution in [1.29, 1.82) is 0 Å². The van der Waals surface area contributed by atoms with E-state index in [0.717, 1.165) is 19.8 Å². The summed E-state index contributed by atoms with van der Waals surface area (Å²) in [5.41, 5.74) is 1.65. The predicted molar refractivity (Wildman–Crippen MR) is 82.1 cm³/mol. The van der Waals surface area contributed by atoms with Crippen molar-refractivity contribution in [3.05, 3.63) is 48.0 Å². The van der Waals surface area contributed by atoms with Crippen LogP contribution in [0.2, 0.25) is 0 Å². The normalized spacial score (nSPS) is 25.3. The lowest BCUT2D eigenvalue weighted by Crippen LogP contribution is -2.61. The van der Waals surface area contributed by atoms with E-state index in [-0.39, 0.29) is 5.41 Å². The second-order valence-corrected chi connectivity index (χ2v) is 6.21. The maximum atomic E-state index is 5.62. The quantitative estimate of drug-likeness (QED) is 0.902. The predicted octanol–water partition coefficient (Wildman–Crippen LogP) is 3.25. The molecule has 2 fully saturated rings. The number of hydrogen-bond acceptors (Lipinski definition) is 2. The van der Waals surface area contributed by atoms with Gasteiger partial charge in [-0.15, -0.1) is 0 Å². The van der Waals surface area contributed by atoms with Crippen molar-refractivity contribution >= 4 is 10.8 Å². The van der Waals surface area contributed by atoms with Gasteiger partial charge in [0.15, 0.2) is 0 Å². The summed E-state index contributed by atoms with van der Waals surface area (Å²) < 4.78 is 5.62. The van der Waals surface area contributed by atoms with Gasteiger partial charge in [0.05, 0.1) is 18.6 Å². The van der Waals surface area contributed by atoms with Gasteiger partial charge in [0.25, 0.3) is 0 Å². The van der Waals surface area contributed by atoms with Gasteiger partial charge >= 0.3 is 0 Å². The second-order valence-electron chi connectivity index (χ2n) is 6.21. The van der Waals surface area contributed by atoms with E-state index in [2.05, 4.69) is 47.8 Å². The average molecular weight is 267 g/mol. The highest BCUT2D eigenvalue weighted by atomic mass is 16.5. The molecule has 0 radical (unpaired) electrons. The molecule has 2 aromatic rings. The molecule has 2 heteroatoms. The van der Waals surface area contributed by atoms with Crippen LogP contribution in [0, 0.1) is 0 Å². The van der Waals surface area contributed by atoms with Crippen molar-refractivity contribution in [3.63, 3.8) is 0 Å². The lowest BCUT2D eigenvalue weighted by molar-refractivity contribution is -0.0826. The summed E-state index contributed by atoms with van der Waals surface area (Å²) >= 11 is 0. The highest BCUT2D eigenvalue weighted by Crippen LogP contribution is 2.39. The van der Waals surface area contributed by atoms with Crippen LogP contribution in [0.1, 0.15) is 24.8 Å². The maximum absolute atomic E-state index is 5.62. The molecule has 1 atom stereocenters.